The van der Waals surface area contributed by atoms with Crippen molar-refractivity contribution < 1.29 is 18.0 Å². The molecule has 0 saturated carbocycles. The van der Waals surface area contributed by atoms with Gasteiger partial charge in [-0.15, -0.1) is 0 Å². The highest BCUT2D eigenvalue weighted by atomic mass is 32.2. The van der Waals surface area contributed by atoms with Gasteiger partial charge in [-0.2, -0.15) is 0 Å². The van der Waals surface area contributed by atoms with E-state index in [-0.39, 0.29) is 29.8 Å². The van der Waals surface area contributed by atoms with E-state index in [1.165, 1.54) is 9.21 Å². The Morgan fingerprint density at radius 2 is 1.39 bits per heavy atom. The maximum atomic E-state index is 14.5. The third-order valence-corrected chi connectivity index (χ3v) is 9.18. The number of hydrogen-bond acceptors (Lipinski definition) is 4. The first-order chi connectivity index (χ1) is 21.0. The van der Waals surface area contributed by atoms with Crippen LogP contribution in [0.3, 0.4) is 0 Å². The lowest BCUT2D eigenvalue weighted by atomic mass is 10.0. The van der Waals surface area contributed by atoms with Gasteiger partial charge in [0.25, 0.3) is 10.0 Å². The van der Waals surface area contributed by atoms with Gasteiger partial charge in [-0.3, -0.25) is 13.9 Å². The Kier molecular flexibility index (Phi) is 10.6. The molecule has 8 heteroatoms. The molecule has 0 bridgehead atoms. The van der Waals surface area contributed by atoms with Crippen molar-refractivity contribution in [1.29, 1.82) is 0 Å². The smallest absolute Gasteiger partial charge is 0.264 e. The SMILES string of the molecule is Cc1ccc(S(=O)(=O)N(CC(=O)N(Cc2cccc(C)c2)[C@H](Cc2ccccc2)C(=O)NC(C)C)c2ccccc2C)cc1. The molecule has 1 atom stereocenters. The van der Waals surface area contributed by atoms with E-state index in [9.17, 15) is 18.0 Å². The van der Waals surface area contributed by atoms with Gasteiger partial charge in [-0.05, 0) is 69.5 Å². The van der Waals surface area contributed by atoms with Crippen LogP contribution in [0.25, 0.3) is 0 Å². The molecule has 0 spiro atoms. The van der Waals surface area contributed by atoms with Gasteiger partial charge in [-0.25, -0.2) is 8.42 Å². The van der Waals surface area contributed by atoms with Crippen LogP contribution in [0.2, 0.25) is 0 Å². The van der Waals surface area contributed by atoms with E-state index in [1.807, 2.05) is 101 Å². The molecule has 2 amide bonds. The second-order valence-corrected chi connectivity index (χ2v) is 13.4. The molecule has 0 aromatic heterocycles. The molecule has 0 fully saturated rings. The Bertz CT molecular complexity index is 1690. The number of amides is 2. The fourth-order valence-electron chi connectivity index (χ4n) is 5.14. The highest BCUT2D eigenvalue weighted by Gasteiger charge is 2.35. The summed E-state index contributed by atoms with van der Waals surface area (Å²) in [6, 6.07) is 30.0. The van der Waals surface area contributed by atoms with E-state index < -0.39 is 28.5 Å². The molecule has 0 aliphatic rings. The zero-order chi connectivity index (χ0) is 31.9. The first-order valence-electron chi connectivity index (χ1n) is 14.8. The lowest BCUT2D eigenvalue weighted by Gasteiger charge is -2.34. The van der Waals surface area contributed by atoms with Crippen molar-refractivity contribution in [2.24, 2.45) is 0 Å². The minimum Gasteiger partial charge on any atom is -0.352 e. The molecule has 0 radical (unpaired) electrons. The summed E-state index contributed by atoms with van der Waals surface area (Å²) in [4.78, 5) is 29.9. The molecule has 0 aliphatic heterocycles. The highest BCUT2D eigenvalue weighted by molar-refractivity contribution is 7.92. The lowest BCUT2D eigenvalue weighted by molar-refractivity contribution is -0.140. The number of nitrogens with one attached hydrogen (secondary N) is 1. The Morgan fingerprint density at radius 1 is 0.750 bits per heavy atom. The van der Waals surface area contributed by atoms with Crippen molar-refractivity contribution in [2.75, 3.05) is 10.8 Å². The quantitative estimate of drug-likeness (QED) is 0.214. The molecule has 4 aromatic carbocycles. The topological polar surface area (TPSA) is 86.8 Å². The average molecular weight is 612 g/mol. The summed E-state index contributed by atoms with van der Waals surface area (Å²) >= 11 is 0. The number of aryl methyl sites for hydroxylation is 3. The number of sulfonamides is 1. The monoisotopic (exact) mass is 611 g/mol. The van der Waals surface area contributed by atoms with Gasteiger partial charge < -0.3 is 10.2 Å². The van der Waals surface area contributed by atoms with E-state index in [0.717, 1.165) is 22.3 Å². The van der Waals surface area contributed by atoms with Gasteiger partial charge >= 0.3 is 0 Å². The second-order valence-electron chi connectivity index (χ2n) is 11.5. The van der Waals surface area contributed by atoms with E-state index >= 15 is 0 Å². The molecule has 0 saturated heterocycles. The lowest BCUT2D eigenvalue weighted by Crippen LogP contribution is -2.54. The van der Waals surface area contributed by atoms with Crippen LogP contribution in [0.4, 0.5) is 5.69 Å². The molecule has 0 unspecified atom stereocenters. The minimum absolute atomic E-state index is 0.0859. The number of para-hydroxylation sites is 1. The second kappa shape index (κ2) is 14.4. The van der Waals surface area contributed by atoms with Gasteiger partial charge in [0.15, 0.2) is 0 Å². The summed E-state index contributed by atoms with van der Waals surface area (Å²) in [5.74, 6) is -0.779. The fraction of sp³-hybridized carbons (Fsp3) is 0.278. The maximum Gasteiger partial charge on any atom is 0.264 e. The van der Waals surface area contributed by atoms with Gasteiger partial charge in [0, 0.05) is 19.0 Å². The number of carbonyl (C=O) groups is 2. The van der Waals surface area contributed by atoms with Crippen LogP contribution in [0.5, 0.6) is 0 Å². The standard InChI is InChI=1S/C36H41N3O4S/c1-26(2)37-36(41)34(23-30-14-7-6-8-15-30)38(24-31-16-11-12-28(4)22-31)35(40)25-39(33-17-10-9-13-29(33)5)44(42,43)32-20-18-27(3)19-21-32/h6-22,26,34H,23-25H2,1-5H3,(H,37,41)/t34-/m1/s1. The summed E-state index contributed by atoms with van der Waals surface area (Å²) in [6.45, 7) is 9.07. The number of nitrogens with zero attached hydrogens (tertiary/aromatic N) is 2. The van der Waals surface area contributed by atoms with Crippen LogP contribution in [0.15, 0.2) is 108 Å². The minimum atomic E-state index is -4.14. The first kappa shape index (κ1) is 32.5. The number of benzene rings is 4. The fourth-order valence-corrected chi connectivity index (χ4v) is 6.61. The predicted octanol–water partition coefficient (Wildman–Crippen LogP) is 5.97. The molecule has 44 heavy (non-hydrogen) atoms. The number of carbonyl (C=O) groups excluding carboxylic acids is 2. The Labute approximate surface area is 261 Å². The highest BCUT2D eigenvalue weighted by Crippen LogP contribution is 2.28. The molecule has 230 valence electrons. The van der Waals surface area contributed by atoms with E-state index in [0.29, 0.717) is 11.3 Å². The van der Waals surface area contributed by atoms with E-state index in [2.05, 4.69) is 5.32 Å². The Balaban J connectivity index is 1.82. The number of rotatable bonds is 12. The first-order valence-corrected chi connectivity index (χ1v) is 16.2. The van der Waals surface area contributed by atoms with Crippen molar-refractivity contribution in [3.05, 3.63) is 131 Å². The summed E-state index contributed by atoms with van der Waals surface area (Å²) < 4.78 is 29.5. The summed E-state index contributed by atoms with van der Waals surface area (Å²) in [6.07, 6.45) is 0.270. The van der Waals surface area contributed by atoms with Gasteiger partial charge in [-0.1, -0.05) is 96.1 Å². The van der Waals surface area contributed by atoms with E-state index in [1.54, 1.807) is 36.4 Å². The van der Waals surface area contributed by atoms with Crippen molar-refractivity contribution in [2.45, 2.75) is 64.6 Å². The molecule has 4 rings (SSSR count). The number of hydrogen-bond donors (Lipinski definition) is 1. The molecular formula is C36H41N3O4S. The molecule has 0 aliphatic carbocycles. The third-order valence-electron chi connectivity index (χ3n) is 7.41. The number of anilines is 1. The van der Waals surface area contributed by atoms with Crippen LogP contribution in [-0.2, 0) is 32.6 Å². The molecule has 1 N–H and O–H groups in total. The molecular weight excluding hydrogens is 570 g/mol. The van der Waals surface area contributed by atoms with E-state index in [4.69, 9.17) is 0 Å². The van der Waals surface area contributed by atoms with Crippen molar-refractivity contribution >= 4 is 27.5 Å². The predicted molar refractivity (Wildman–Crippen MR) is 176 cm³/mol. The Morgan fingerprint density at radius 3 is 2.02 bits per heavy atom. The van der Waals surface area contributed by atoms with Crippen molar-refractivity contribution in [3.8, 4) is 0 Å². The largest absolute Gasteiger partial charge is 0.352 e. The van der Waals surface area contributed by atoms with Crippen LogP contribution >= 0.6 is 0 Å². The zero-order valence-corrected chi connectivity index (χ0v) is 26.8. The summed E-state index contributed by atoms with van der Waals surface area (Å²) in [5, 5.41) is 2.99. The van der Waals surface area contributed by atoms with Crippen LogP contribution in [-0.4, -0.2) is 43.8 Å². The van der Waals surface area contributed by atoms with Gasteiger partial charge in [0.05, 0.1) is 10.6 Å². The van der Waals surface area contributed by atoms with Crippen LogP contribution < -0.4 is 9.62 Å². The van der Waals surface area contributed by atoms with Crippen LogP contribution in [0, 0.1) is 20.8 Å². The van der Waals surface area contributed by atoms with Crippen molar-refractivity contribution in [1.82, 2.24) is 10.2 Å². The average Bonchev–Trinajstić information content (AvgIpc) is 2.98. The molecule has 0 heterocycles. The third kappa shape index (κ3) is 8.14. The Hall–Kier alpha value is -4.43. The zero-order valence-electron chi connectivity index (χ0n) is 26.0. The van der Waals surface area contributed by atoms with Gasteiger partial charge in [0.2, 0.25) is 11.8 Å². The van der Waals surface area contributed by atoms with Crippen LogP contribution in [0.1, 0.15) is 41.7 Å². The van der Waals surface area contributed by atoms with Crippen molar-refractivity contribution in [3.63, 3.8) is 0 Å². The van der Waals surface area contributed by atoms with Gasteiger partial charge in [0.1, 0.15) is 12.6 Å². The summed E-state index contributed by atoms with van der Waals surface area (Å²) in [7, 11) is -4.14. The maximum absolute atomic E-state index is 14.5. The molecule has 7 nitrogen and oxygen atoms in total. The summed E-state index contributed by atoms with van der Waals surface area (Å²) in [5.41, 5.74) is 4.79. The normalized spacial score (nSPS) is 12.0. The molecule has 4 aromatic rings.